The van der Waals surface area contributed by atoms with Gasteiger partial charge in [-0.1, -0.05) is 26.7 Å². The van der Waals surface area contributed by atoms with E-state index in [1.807, 2.05) is 36.6 Å². The van der Waals surface area contributed by atoms with Crippen molar-refractivity contribution in [3.63, 3.8) is 0 Å². The number of carbonyl (C=O) groups excluding carboxylic acids is 2. The molecule has 7 nitrogen and oxygen atoms in total. The van der Waals surface area contributed by atoms with Gasteiger partial charge in [0.2, 0.25) is 5.91 Å². The first-order valence-corrected chi connectivity index (χ1v) is 11.7. The predicted molar refractivity (Wildman–Crippen MR) is 124 cm³/mol. The van der Waals surface area contributed by atoms with Gasteiger partial charge in [0.15, 0.2) is 0 Å². The first-order chi connectivity index (χ1) is 15.3. The summed E-state index contributed by atoms with van der Waals surface area (Å²) < 4.78 is 13.1. The summed E-state index contributed by atoms with van der Waals surface area (Å²) in [7, 11) is 3.23. The smallest absolute Gasteiger partial charge is 0.271 e. The van der Waals surface area contributed by atoms with Gasteiger partial charge in [-0.2, -0.15) is 0 Å². The van der Waals surface area contributed by atoms with Crippen LogP contribution < -0.4 is 14.8 Å². The molecule has 3 atom stereocenters. The second-order valence-corrected chi connectivity index (χ2v) is 9.42. The number of ether oxygens (including phenoxy) is 2. The summed E-state index contributed by atoms with van der Waals surface area (Å²) in [4.78, 5) is 29.2. The van der Waals surface area contributed by atoms with Crippen molar-refractivity contribution < 1.29 is 19.1 Å². The number of nitrogens with one attached hydrogen (secondary N) is 1. The summed E-state index contributed by atoms with van der Waals surface area (Å²) in [5.74, 6) is 1.58. The van der Waals surface area contributed by atoms with Crippen LogP contribution in [-0.2, 0) is 11.3 Å². The molecule has 1 aromatic heterocycles. The average Bonchev–Trinajstić information content (AvgIpc) is 3.17. The third-order valence-corrected chi connectivity index (χ3v) is 7.31. The van der Waals surface area contributed by atoms with Crippen molar-refractivity contribution in [1.29, 1.82) is 0 Å². The van der Waals surface area contributed by atoms with Crippen LogP contribution in [0.1, 0.15) is 63.4 Å². The fraction of sp³-hybridized carbons (Fsp3) is 0.600. The van der Waals surface area contributed by atoms with E-state index in [0.29, 0.717) is 36.2 Å². The highest BCUT2D eigenvalue weighted by Gasteiger charge is 2.48. The fourth-order valence-corrected chi connectivity index (χ4v) is 5.38. The minimum absolute atomic E-state index is 0.0765. The van der Waals surface area contributed by atoms with Crippen LogP contribution in [0.15, 0.2) is 18.2 Å². The lowest BCUT2D eigenvalue weighted by atomic mass is 9.85. The normalized spacial score (nSPS) is 25.5. The zero-order valence-corrected chi connectivity index (χ0v) is 19.9. The van der Waals surface area contributed by atoms with Gasteiger partial charge in [0.1, 0.15) is 22.7 Å². The van der Waals surface area contributed by atoms with Crippen LogP contribution in [0.25, 0.3) is 10.9 Å². The van der Waals surface area contributed by atoms with Gasteiger partial charge in [0.05, 0.1) is 26.3 Å². The Balaban J connectivity index is 1.80. The van der Waals surface area contributed by atoms with Crippen LogP contribution in [0.4, 0.5) is 0 Å². The molecule has 174 valence electrons. The third kappa shape index (κ3) is 3.51. The van der Waals surface area contributed by atoms with E-state index in [4.69, 9.17) is 9.47 Å². The summed E-state index contributed by atoms with van der Waals surface area (Å²) >= 11 is 0. The van der Waals surface area contributed by atoms with E-state index in [2.05, 4.69) is 12.2 Å². The highest BCUT2D eigenvalue weighted by Crippen LogP contribution is 2.40. The van der Waals surface area contributed by atoms with E-state index < -0.39 is 5.54 Å². The van der Waals surface area contributed by atoms with Crippen molar-refractivity contribution in [1.82, 2.24) is 14.8 Å². The molecule has 0 saturated heterocycles. The number of nitrogens with zero attached hydrogens (tertiary/aromatic N) is 2. The first-order valence-electron chi connectivity index (χ1n) is 11.7. The Morgan fingerprint density at radius 2 is 1.88 bits per heavy atom. The summed E-state index contributed by atoms with van der Waals surface area (Å²) in [6.45, 7) is 7.03. The van der Waals surface area contributed by atoms with Crippen LogP contribution in [0.2, 0.25) is 0 Å². The van der Waals surface area contributed by atoms with E-state index in [1.54, 1.807) is 19.1 Å². The number of benzene rings is 1. The molecule has 0 spiro atoms. The van der Waals surface area contributed by atoms with Crippen LogP contribution in [-0.4, -0.2) is 53.6 Å². The van der Waals surface area contributed by atoms with Gasteiger partial charge < -0.3 is 24.3 Å². The largest absolute Gasteiger partial charge is 0.496 e. The third-order valence-electron chi connectivity index (χ3n) is 7.31. The van der Waals surface area contributed by atoms with Gasteiger partial charge in [0.25, 0.3) is 5.91 Å². The van der Waals surface area contributed by atoms with Crippen LogP contribution in [0.3, 0.4) is 0 Å². The Hall–Kier alpha value is -2.70. The molecule has 1 aliphatic heterocycles. The van der Waals surface area contributed by atoms with Crippen molar-refractivity contribution in [2.75, 3.05) is 20.8 Å². The van der Waals surface area contributed by atoms with Crippen molar-refractivity contribution in [3.05, 3.63) is 23.9 Å². The Morgan fingerprint density at radius 1 is 1.19 bits per heavy atom. The highest BCUT2D eigenvalue weighted by molar-refractivity contribution is 6.05. The molecule has 0 radical (unpaired) electrons. The molecular formula is C25H35N3O4. The molecule has 0 bridgehead atoms. The molecular weight excluding hydrogens is 406 g/mol. The summed E-state index contributed by atoms with van der Waals surface area (Å²) in [6.07, 6.45) is 5.25. The zero-order valence-electron chi connectivity index (χ0n) is 19.9. The lowest BCUT2D eigenvalue weighted by Gasteiger charge is -2.45. The summed E-state index contributed by atoms with van der Waals surface area (Å²) in [6, 6.07) is 5.71. The second kappa shape index (κ2) is 8.68. The lowest BCUT2D eigenvalue weighted by Crippen LogP contribution is -2.65. The number of hydrogen-bond donors (Lipinski definition) is 1. The van der Waals surface area contributed by atoms with E-state index in [-0.39, 0.29) is 17.9 Å². The van der Waals surface area contributed by atoms with Crippen molar-refractivity contribution in [3.8, 4) is 11.5 Å². The first kappa shape index (κ1) is 22.5. The van der Waals surface area contributed by atoms with Gasteiger partial charge in [-0.05, 0) is 50.3 Å². The van der Waals surface area contributed by atoms with Crippen molar-refractivity contribution >= 4 is 22.7 Å². The number of fused-ring (bicyclic) bond motifs is 3. The van der Waals surface area contributed by atoms with Crippen LogP contribution >= 0.6 is 0 Å². The van der Waals surface area contributed by atoms with Gasteiger partial charge in [0, 0.05) is 18.0 Å². The van der Waals surface area contributed by atoms with Crippen molar-refractivity contribution in [2.45, 2.75) is 71.0 Å². The Labute approximate surface area is 190 Å². The van der Waals surface area contributed by atoms with Crippen LogP contribution in [0.5, 0.6) is 11.5 Å². The summed E-state index contributed by atoms with van der Waals surface area (Å²) in [5.41, 5.74) is 0.362. The maximum atomic E-state index is 13.7. The minimum Gasteiger partial charge on any atom is -0.496 e. The van der Waals surface area contributed by atoms with Crippen LogP contribution in [0, 0.1) is 5.92 Å². The van der Waals surface area contributed by atoms with Gasteiger partial charge in [-0.25, -0.2) is 0 Å². The highest BCUT2D eigenvalue weighted by atomic mass is 16.5. The van der Waals surface area contributed by atoms with E-state index in [0.717, 1.165) is 36.6 Å². The molecule has 2 aromatic rings. The molecule has 1 aliphatic carbocycles. The van der Waals surface area contributed by atoms with Gasteiger partial charge >= 0.3 is 0 Å². The monoisotopic (exact) mass is 441 g/mol. The van der Waals surface area contributed by atoms with E-state index >= 15 is 0 Å². The zero-order chi connectivity index (χ0) is 23.0. The maximum absolute atomic E-state index is 13.7. The van der Waals surface area contributed by atoms with E-state index in [9.17, 15) is 9.59 Å². The fourth-order valence-electron chi connectivity index (χ4n) is 5.38. The molecule has 1 N–H and O–H groups in total. The number of hydrogen-bond acceptors (Lipinski definition) is 4. The Morgan fingerprint density at radius 3 is 2.53 bits per heavy atom. The Bertz CT molecular complexity index is 1030. The maximum Gasteiger partial charge on any atom is 0.271 e. The number of rotatable bonds is 6. The molecule has 2 amide bonds. The van der Waals surface area contributed by atoms with Gasteiger partial charge in [-0.3, -0.25) is 9.59 Å². The van der Waals surface area contributed by atoms with E-state index in [1.165, 1.54) is 6.42 Å². The average molecular weight is 442 g/mol. The van der Waals surface area contributed by atoms with Crippen molar-refractivity contribution in [2.24, 2.45) is 5.92 Å². The second-order valence-electron chi connectivity index (χ2n) is 9.42. The lowest BCUT2D eigenvalue weighted by molar-refractivity contribution is -0.134. The predicted octanol–water partition coefficient (Wildman–Crippen LogP) is 3.98. The Kier molecular flexibility index (Phi) is 6.10. The molecule has 4 rings (SSSR count). The molecule has 3 unspecified atom stereocenters. The number of methoxy groups -OCH3 is 2. The molecule has 2 aliphatic rings. The topological polar surface area (TPSA) is 72.8 Å². The summed E-state index contributed by atoms with van der Waals surface area (Å²) in [5, 5.41) is 4.12. The number of carbonyl (C=O) groups is 2. The molecule has 1 fully saturated rings. The van der Waals surface area contributed by atoms with Gasteiger partial charge in [-0.15, -0.1) is 0 Å². The number of amides is 2. The molecule has 7 heteroatoms. The number of aromatic nitrogens is 1. The standard InChI is InChI=1S/C25H35N3O4/c1-6-13-28-23(29)19-14-17-20(31-4)11-12-21(32-5)22(17)27(19)15-25(28,3)24(30)26-18-10-8-7-9-16(18)2/h11-12,14,16,18H,6-10,13,15H2,1-5H3,(H,26,30). The molecule has 1 aromatic carbocycles. The molecule has 1 saturated carbocycles. The molecule has 32 heavy (non-hydrogen) atoms. The molecule has 2 heterocycles. The SMILES string of the molecule is CCCN1C(=O)c2cc3c(OC)ccc(OC)c3n2CC1(C)C(=O)NC1CCCCC1C. The minimum atomic E-state index is -0.989. The quantitative estimate of drug-likeness (QED) is 0.736.